The van der Waals surface area contributed by atoms with E-state index in [0.717, 1.165) is 0 Å². The number of para-hydroxylation sites is 1. The van der Waals surface area contributed by atoms with Crippen LogP contribution in [0.4, 0.5) is 5.82 Å². The highest BCUT2D eigenvalue weighted by molar-refractivity contribution is 5.87. The van der Waals surface area contributed by atoms with Crippen molar-refractivity contribution >= 4 is 22.9 Å². The lowest BCUT2D eigenvalue weighted by Crippen LogP contribution is -1.93. The molecule has 0 fully saturated rings. The number of fused-ring (bicyclic) bond motifs is 1. The zero-order valence-electron chi connectivity index (χ0n) is 7.99. The van der Waals surface area contributed by atoms with Crippen LogP contribution in [0.25, 0.3) is 10.9 Å². The Morgan fingerprint density at radius 3 is 2.93 bits per heavy atom. The van der Waals surface area contributed by atoms with Gasteiger partial charge in [0.2, 0.25) is 0 Å². The van der Waals surface area contributed by atoms with Crippen LogP contribution in [0.2, 0.25) is 0 Å². The van der Waals surface area contributed by atoms with Crippen LogP contribution in [-0.4, -0.2) is 21.0 Å². The molecular formula is C9H8N4O2. The maximum Gasteiger partial charge on any atom is 0.400 e. The minimum Gasteiger partial charge on any atom is -0.358 e. The molecule has 0 aliphatic heterocycles. The molecule has 0 aliphatic rings. The highest BCUT2D eigenvalue weighted by Gasteiger charge is 2.20. The predicted molar refractivity (Wildman–Crippen MR) is 56.0 cm³/mol. The lowest BCUT2D eigenvalue weighted by Gasteiger charge is -1.87. The molecule has 1 aromatic carbocycles. The van der Waals surface area contributed by atoms with E-state index in [9.17, 15) is 10.1 Å². The summed E-state index contributed by atoms with van der Waals surface area (Å²) in [7, 11) is 0. The quantitative estimate of drug-likeness (QED) is 0.425. The standard InChI is InChI=1S/C9H8N4O2/c1-2-10-12-8-6-4-3-5-7(8)9(11-12)13(14)15/h2-6H,1H3/b10-2+. The fraction of sp³-hybridized carbons (Fsp3) is 0.111. The summed E-state index contributed by atoms with van der Waals surface area (Å²) in [6.45, 7) is 1.72. The van der Waals surface area contributed by atoms with E-state index in [0.29, 0.717) is 10.9 Å². The molecule has 0 spiro atoms. The molecule has 0 bridgehead atoms. The number of nitrogens with zero attached hydrogens (tertiary/aromatic N) is 4. The summed E-state index contributed by atoms with van der Waals surface area (Å²) >= 11 is 0. The first-order valence-corrected chi connectivity index (χ1v) is 4.35. The van der Waals surface area contributed by atoms with Crippen molar-refractivity contribution in [3.63, 3.8) is 0 Å². The summed E-state index contributed by atoms with van der Waals surface area (Å²) in [4.78, 5) is 11.5. The average molecular weight is 204 g/mol. The van der Waals surface area contributed by atoms with Gasteiger partial charge < -0.3 is 10.1 Å². The molecule has 0 amide bonds. The Morgan fingerprint density at radius 1 is 1.53 bits per heavy atom. The van der Waals surface area contributed by atoms with Crippen LogP contribution < -0.4 is 0 Å². The summed E-state index contributed by atoms with van der Waals surface area (Å²) in [6.07, 6.45) is 1.53. The second kappa shape index (κ2) is 3.49. The lowest BCUT2D eigenvalue weighted by atomic mass is 10.2. The van der Waals surface area contributed by atoms with Gasteiger partial charge in [-0.2, -0.15) is 0 Å². The monoisotopic (exact) mass is 204 g/mol. The number of hydrogen-bond donors (Lipinski definition) is 0. The minimum atomic E-state index is -0.510. The molecule has 0 aliphatic carbocycles. The Morgan fingerprint density at radius 2 is 2.27 bits per heavy atom. The number of rotatable bonds is 2. The van der Waals surface area contributed by atoms with Crippen LogP contribution in [0, 0.1) is 10.1 Å². The van der Waals surface area contributed by atoms with E-state index in [1.165, 1.54) is 11.0 Å². The molecule has 0 saturated heterocycles. The first-order valence-electron chi connectivity index (χ1n) is 4.35. The maximum absolute atomic E-state index is 10.7. The normalized spacial score (nSPS) is 11.3. The van der Waals surface area contributed by atoms with E-state index in [1.807, 2.05) is 0 Å². The average Bonchev–Trinajstić information content (AvgIpc) is 2.59. The van der Waals surface area contributed by atoms with Crippen molar-refractivity contribution in [3.05, 3.63) is 34.4 Å². The predicted octanol–water partition coefficient (Wildman–Crippen LogP) is 1.80. The Kier molecular flexibility index (Phi) is 2.17. The molecule has 0 atom stereocenters. The van der Waals surface area contributed by atoms with Crippen LogP contribution in [0.15, 0.2) is 29.4 Å². The Hall–Kier alpha value is -2.24. The largest absolute Gasteiger partial charge is 0.400 e. The van der Waals surface area contributed by atoms with Crippen molar-refractivity contribution in [2.45, 2.75) is 6.92 Å². The third kappa shape index (κ3) is 1.45. The van der Waals surface area contributed by atoms with Crippen LogP contribution in [0.1, 0.15) is 6.92 Å². The van der Waals surface area contributed by atoms with Gasteiger partial charge in [-0.25, -0.2) is 0 Å². The van der Waals surface area contributed by atoms with Gasteiger partial charge in [0.1, 0.15) is 10.9 Å². The SMILES string of the molecule is C/C=N/n1nc([N+](=O)[O-])c2ccccc21. The zero-order chi connectivity index (χ0) is 10.8. The second-order valence-electron chi connectivity index (χ2n) is 2.86. The highest BCUT2D eigenvalue weighted by Crippen LogP contribution is 2.23. The molecular weight excluding hydrogens is 196 g/mol. The number of aromatic nitrogens is 2. The smallest absolute Gasteiger partial charge is 0.358 e. The molecule has 0 N–H and O–H groups in total. The van der Waals surface area contributed by atoms with E-state index >= 15 is 0 Å². The van der Waals surface area contributed by atoms with Gasteiger partial charge in [-0.3, -0.25) is 0 Å². The molecule has 1 aromatic heterocycles. The molecule has 6 heteroatoms. The van der Waals surface area contributed by atoms with Crippen molar-refractivity contribution < 1.29 is 4.92 Å². The number of nitro groups is 1. The fourth-order valence-electron chi connectivity index (χ4n) is 1.37. The van der Waals surface area contributed by atoms with E-state index in [1.54, 1.807) is 31.2 Å². The summed E-state index contributed by atoms with van der Waals surface area (Å²) in [6, 6.07) is 6.91. The van der Waals surface area contributed by atoms with Gasteiger partial charge in [0, 0.05) is 6.21 Å². The molecule has 0 radical (unpaired) electrons. The van der Waals surface area contributed by atoms with Crippen LogP contribution in [-0.2, 0) is 0 Å². The number of hydrogen-bond acceptors (Lipinski definition) is 4. The topological polar surface area (TPSA) is 73.3 Å². The van der Waals surface area contributed by atoms with E-state index in [-0.39, 0.29) is 5.82 Å². The van der Waals surface area contributed by atoms with Crippen LogP contribution >= 0.6 is 0 Å². The van der Waals surface area contributed by atoms with Crippen molar-refractivity contribution in [2.24, 2.45) is 5.10 Å². The van der Waals surface area contributed by atoms with Gasteiger partial charge in [0.05, 0.1) is 5.10 Å². The van der Waals surface area contributed by atoms with Crippen molar-refractivity contribution in [3.8, 4) is 0 Å². The van der Waals surface area contributed by atoms with Gasteiger partial charge in [-0.05, 0) is 24.0 Å². The van der Waals surface area contributed by atoms with Gasteiger partial charge in [-0.1, -0.05) is 16.9 Å². The summed E-state index contributed by atoms with van der Waals surface area (Å²) < 4.78 is 0. The molecule has 76 valence electrons. The summed E-state index contributed by atoms with van der Waals surface area (Å²) in [5.74, 6) is -0.170. The fourth-order valence-corrected chi connectivity index (χ4v) is 1.37. The van der Waals surface area contributed by atoms with Crippen molar-refractivity contribution in [1.82, 2.24) is 9.89 Å². The zero-order valence-corrected chi connectivity index (χ0v) is 7.99. The van der Waals surface area contributed by atoms with E-state index in [2.05, 4.69) is 10.2 Å². The van der Waals surface area contributed by atoms with Crippen LogP contribution in [0.5, 0.6) is 0 Å². The van der Waals surface area contributed by atoms with Crippen molar-refractivity contribution in [1.29, 1.82) is 0 Å². The maximum atomic E-state index is 10.7. The van der Waals surface area contributed by atoms with Crippen molar-refractivity contribution in [2.75, 3.05) is 0 Å². The second-order valence-corrected chi connectivity index (χ2v) is 2.86. The Labute approximate surface area is 85.0 Å². The molecule has 1 heterocycles. The Bertz CT molecular complexity index is 544. The lowest BCUT2D eigenvalue weighted by molar-refractivity contribution is -0.388. The van der Waals surface area contributed by atoms with Gasteiger partial charge in [0.15, 0.2) is 0 Å². The molecule has 0 saturated carbocycles. The molecule has 2 aromatic rings. The molecule has 0 unspecified atom stereocenters. The minimum absolute atomic E-state index is 0.170. The summed E-state index contributed by atoms with van der Waals surface area (Å²) in [5, 5.41) is 18.9. The molecule has 6 nitrogen and oxygen atoms in total. The molecule has 15 heavy (non-hydrogen) atoms. The van der Waals surface area contributed by atoms with Gasteiger partial charge in [0.25, 0.3) is 0 Å². The highest BCUT2D eigenvalue weighted by atomic mass is 16.6. The Balaban J connectivity index is 2.79. The first-order chi connectivity index (χ1) is 7.24. The van der Waals surface area contributed by atoms with E-state index < -0.39 is 4.92 Å². The van der Waals surface area contributed by atoms with Gasteiger partial charge in [-0.15, -0.1) is 5.10 Å². The van der Waals surface area contributed by atoms with E-state index in [4.69, 9.17) is 0 Å². The first kappa shape index (κ1) is 9.32. The number of benzene rings is 1. The van der Waals surface area contributed by atoms with Gasteiger partial charge >= 0.3 is 5.82 Å². The van der Waals surface area contributed by atoms with Crippen LogP contribution in [0.3, 0.4) is 0 Å². The third-order valence-corrected chi connectivity index (χ3v) is 1.95. The molecule has 2 rings (SSSR count). The third-order valence-electron chi connectivity index (χ3n) is 1.95. The summed E-state index contributed by atoms with van der Waals surface area (Å²) in [5.41, 5.74) is 0.627.